The van der Waals surface area contributed by atoms with Gasteiger partial charge in [0.05, 0.1) is 5.33 Å². The zero-order chi connectivity index (χ0) is 9.84. The van der Waals surface area contributed by atoms with Gasteiger partial charge in [-0.15, -0.1) is 0 Å². The first-order valence-electron chi connectivity index (χ1n) is 3.62. The van der Waals surface area contributed by atoms with Gasteiger partial charge in [-0.1, -0.05) is 56.2 Å². The standard InChI is InChI=1S/C9H7BrClIO/c10-4-9(13)8-3-7(11)2-1-6(8)5-12/h1-3H,4-5H2. The Morgan fingerprint density at radius 2 is 2.23 bits per heavy atom. The number of hydrogen-bond donors (Lipinski definition) is 0. The molecule has 0 fully saturated rings. The Bertz CT molecular complexity index is 327. The summed E-state index contributed by atoms with van der Waals surface area (Å²) in [5.74, 6) is 0.0779. The van der Waals surface area contributed by atoms with Gasteiger partial charge in [0.2, 0.25) is 0 Å². The van der Waals surface area contributed by atoms with Crippen molar-refractivity contribution in [2.45, 2.75) is 4.43 Å². The Labute approximate surface area is 104 Å². The number of hydrogen-bond acceptors (Lipinski definition) is 1. The van der Waals surface area contributed by atoms with E-state index in [-0.39, 0.29) is 5.78 Å². The van der Waals surface area contributed by atoms with Gasteiger partial charge in [0.25, 0.3) is 0 Å². The summed E-state index contributed by atoms with van der Waals surface area (Å²) >= 11 is 11.2. The molecule has 0 radical (unpaired) electrons. The average molecular weight is 373 g/mol. The highest BCUT2D eigenvalue weighted by molar-refractivity contribution is 14.1. The maximum Gasteiger partial charge on any atom is 0.173 e. The predicted molar refractivity (Wildman–Crippen MR) is 67.3 cm³/mol. The van der Waals surface area contributed by atoms with Crippen LogP contribution in [0.3, 0.4) is 0 Å². The monoisotopic (exact) mass is 372 g/mol. The first kappa shape index (κ1) is 11.5. The van der Waals surface area contributed by atoms with E-state index in [0.717, 1.165) is 15.6 Å². The molecule has 0 saturated heterocycles. The largest absolute Gasteiger partial charge is 0.293 e. The van der Waals surface area contributed by atoms with Crippen LogP contribution in [-0.4, -0.2) is 11.1 Å². The van der Waals surface area contributed by atoms with Gasteiger partial charge >= 0.3 is 0 Å². The lowest BCUT2D eigenvalue weighted by Crippen LogP contribution is -2.03. The average Bonchev–Trinajstić information content (AvgIpc) is 2.16. The van der Waals surface area contributed by atoms with Crippen LogP contribution >= 0.6 is 50.1 Å². The number of Topliss-reactive ketones (excluding diaryl/α,β-unsaturated/α-hetero) is 1. The maximum atomic E-state index is 11.4. The minimum Gasteiger partial charge on any atom is -0.293 e. The second kappa shape index (κ2) is 5.32. The van der Waals surface area contributed by atoms with E-state index in [1.807, 2.05) is 6.07 Å². The van der Waals surface area contributed by atoms with Crippen LogP contribution in [0.1, 0.15) is 15.9 Å². The number of rotatable bonds is 3. The minimum atomic E-state index is 0.0779. The Balaban J connectivity index is 3.15. The molecule has 0 aliphatic rings. The third kappa shape index (κ3) is 2.92. The molecule has 1 nitrogen and oxygen atoms in total. The molecule has 0 bridgehead atoms. The highest BCUT2D eigenvalue weighted by atomic mass is 127. The van der Waals surface area contributed by atoms with Gasteiger partial charge in [-0.2, -0.15) is 0 Å². The number of benzene rings is 1. The molecule has 0 heterocycles. The van der Waals surface area contributed by atoms with Gasteiger partial charge in [0.1, 0.15) is 0 Å². The maximum absolute atomic E-state index is 11.4. The van der Waals surface area contributed by atoms with Crippen molar-refractivity contribution in [2.24, 2.45) is 0 Å². The quantitative estimate of drug-likeness (QED) is 0.447. The molecule has 70 valence electrons. The van der Waals surface area contributed by atoms with Crippen LogP contribution in [0.5, 0.6) is 0 Å². The molecule has 0 amide bonds. The lowest BCUT2D eigenvalue weighted by molar-refractivity contribution is 0.102. The fraction of sp³-hybridized carbons (Fsp3) is 0.222. The summed E-state index contributed by atoms with van der Waals surface area (Å²) in [5.41, 5.74) is 1.76. The summed E-state index contributed by atoms with van der Waals surface area (Å²) in [5, 5.41) is 0.953. The van der Waals surface area contributed by atoms with Crippen LogP contribution in [0.2, 0.25) is 5.02 Å². The van der Waals surface area contributed by atoms with Crippen molar-refractivity contribution in [1.29, 1.82) is 0 Å². The number of halogens is 3. The molecule has 0 aliphatic heterocycles. The van der Waals surface area contributed by atoms with Gasteiger partial charge in [-0.05, 0) is 17.7 Å². The number of carbonyl (C=O) groups is 1. The van der Waals surface area contributed by atoms with Gasteiger partial charge in [0, 0.05) is 15.0 Å². The van der Waals surface area contributed by atoms with E-state index in [4.69, 9.17) is 11.6 Å². The van der Waals surface area contributed by atoms with E-state index >= 15 is 0 Å². The van der Waals surface area contributed by atoms with Crippen molar-refractivity contribution in [3.63, 3.8) is 0 Å². The highest BCUT2D eigenvalue weighted by Gasteiger charge is 2.09. The first-order chi connectivity index (χ1) is 6.19. The van der Waals surface area contributed by atoms with Crippen molar-refractivity contribution in [1.82, 2.24) is 0 Å². The van der Waals surface area contributed by atoms with Gasteiger partial charge in [-0.3, -0.25) is 4.79 Å². The topological polar surface area (TPSA) is 17.1 Å². The molecule has 1 aromatic rings. The van der Waals surface area contributed by atoms with E-state index in [9.17, 15) is 4.79 Å². The molecule has 1 aromatic carbocycles. The smallest absolute Gasteiger partial charge is 0.173 e. The van der Waals surface area contributed by atoms with Crippen LogP contribution in [0.25, 0.3) is 0 Å². The summed E-state index contributed by atoms with van der Waals surface area (Å²) in [4.78, 5) is 11.4. The Kier molecular flexibility index (Phi) is 4.69. The van der Waals surface area contributed by atoms with Gasteiger partial charge in [0.15, 0.2) is 5.78 Å². The highest BCUT2D eigenvalue weighted by Crippen LogP contribution is 2.19. The Hall–Kier alpha value is 0.390. The molecule has 0 aliphatic carbocycles. The second-order valence-electron chi connectivity index (χ2n) is 2.49. The van der Waals surface area contributed by atoms with E-state index < -0.39 is 0 Å². The molecule has 13 heavy (non-hydrogen) atoms. The van der Waals surface area contributed by atoms with Crippen molar-refractivity contribution in [2.75, 3.05) is 5.33 Å². The molecular weight excluding hydrogens is 366 g/mol. The van der Waals surface area contributed by atoms with E-state index in [2.05, 4.69) is 38.5 Å². The van der Waals surface area contributed by atoms with Crippen LogP contribution in [0.15, 0.2) is 18.2 Å². The van der Waals surface area contributed by atoms with Crippen molar-refractivity contribution >= 4 is 55.9 Å². The summed E-state index contributed by atoms with van der Waals surface area (Å²) < 4.78 is 0.822. The lowest BCUT2D eigenvalue weighted by atomic mass is 10.1. The van der Waals surface area contributed by atoms with Crippen LogP contribution in [-0.2, 0) is 4.43 Å². The van der Waals surface area contributed by atoms with E-state index in [0.29, 0.717) is 10.4 Å². The SMILES string of the molecule is O=C(CBr)c1cc(Cl)ccc1CI. The van der Waals surface area contributed by atoms with Crippen molar-refractivity contribution < 1.29 is 4.79 Å². The lowest BCUT2D eigenvalue weighted by Gasteiger charge is -2.04. The third-order valence-electron chi connectivity index (χ3n) is 1.64. The normalized spacial score (nSPS) is 10.1. The number of ketones is 1. The summed E-state index contributed by atoms with van der Waals surface area (Å²) in [6, 6.07) is 5.42. The number of alkyl halides is 2. The van der Waals surface area contributed by atoms with Crippen LogP contribution in [0.4, 0.5) is 0 Å². The Morgan fingerprint density at radius 1 is 1.54 bits per heavy atom. The van der Waals surface area contributed by atoms with Crippen molar-refractivity contribution in [3.05, 3.63) is 34.3 Å². The summed E-state index contributed by atoms with van der Waals surface area (Å²) in [7, 11) is 0. The minimum absolute atomic E-state index is 0.0779. The molecule has 0 saturated carbocycles. The first-order valence-corrected chi connectivity index (χ1v) is 6.65. The molecule has 0 spiro atoms. The zero-order valence-electron chi connectivity index (χ0n) is 6.69. The Morgan fingerprint density at radius 3 is 2.77 bits per heavy atom. The van der Waals surface area contributed by atoms with E-state index in [1.54, 1.807) is 12.1 Å². The molecule has 0 aromatic heterocycles. The summed E-state index contributed by atoms with van der Waals surface area (Å²) in [6.07, 6.45) is 0. The second-order valence-corrected chi connectivity index (χ2v) is 4.25. The third-order valence-corrected chi connectivity index (χ3v) is 3.20. The molecule has 4 heteroatoms. The van der Waals surface area contributed by atoms with Crippen LogP contribution in [0, 0.1) is 0 Å². The fourth-order valence-corrected chi connectivity index (χ4v) is 2.14. The predicted octanol–water partition coefficient (Wildman–Crippen LogP) is 3.85. The van der Waals surface area contributed by atoms with Crippen LogP contribution < -0.4 is 0 Å². The zero-order valence-corrected chi connectivity index (χ0v) is 11.2. The molecule has 0 unspecified atom stereocenters. The molecular formula is C9H7BrClIO. The molecule has 0 N–H and O–H groups in total. The van der Waals surface area contributed by atoms with Gasteiger partial charge < -0.3 is 0 Å². The van der Waals surface area contributed by atoms with Gasteiger partial charge in [-0.25, -0.2) is 0 Å². The molecule has 1 rings (SSSR count). The van der Waals surface area contributed by atoms with E-state index in [1.165, 1.54) is 0 Å². The molecule has 0 atom stereocenters. The fourth-order valence-electron chi connectivity index (χ4n) is 0.997. The summed E-state index contributed by atoms with van der Waals surface area (Å²) in [6.45, 7) is 0. The van der Waals surface area contributed by atoms with Crippen molar-refractivity contribution in [3.8, 4) is 0 Å². The number of carbonyl (C=O) groups excluding carboxylic acids is 1.